The molecule has 0 saturated heterocycles. The molecule has 0 radical (unpaired) electrons. The number of fused-ring (bicyclic) bond motifs is 1. The van der Waals surface area contributed by atoms with Crippen LogP contribution in [0.2, 0.25) is 0 Å². The average Bonchev–Trinajstić information content (AvgIpc) is 3.35. The minimum Gasteiger partial charge on any atom is -0.317 e. The second kappa shape index (κ2) is 8.61. The SMILES string of the molecule is Cc1cc(/C=C(/C#N)C(=O)Nc2nnc(S(C)(=O)=O)s2)c(C)n1-c1cccc2ccccc12. The molecule has 8 nitrogen and oxygen atoms in total. The highest BCUT2D eigenvalue weighted by molar-refractivity contribution is 7.92. The number of rotatable bonds is 5. The fourth-order valence-electron chi connectivity index (χ4n) is 3.59. The number of nitrogens with zero attached hydrogens (tertiary/aromatic N) is 4. The lowest BCUT2D eigenvalue weighted by atomic mass is 10.1. The van der Waals surface area contributed by atoms with E-state index in [0.29, 0.717) is 0 Å². The molecule has 0 aliphatic heterocycles. The quantitative estimate of drug-likeness (QED) is 0.263. The number of carbonyl (C=O) groups is 1. The van der Waals surface area contributed by atoms with Gasteiger partial charge in [-0.1, -0.05) is 47.7 Å². The van der Waals surface area contributed by atoms with Crippen LogP contribution in [0.4, 0.5) is 5.13 Å². The van der Waals surface area contributed by atoms with E-state index in [1.807, 2.05) is 50.2 Å². The Bertz CT molecular complexity index is 1570. The van der Waals surface area contributed by atoms with Gasteiger partial charge >= 0.3 is 0 Å². The van der Waals surface area contributed by atoms with Gasteiger partial charge in [-0.25, -0.2) is 8.42 Å². The van der Waals surface area contributed by atoms with Gasteiger partial charge in [0.25, 0.3) is 5.91 Å². The van der Waals surface area contributed by atoms with Gasteiger partial charge in [-0.2, -0.15) is 5.26 Å². The highest BCUT2D eigenvalue weighted by Crippen LogP contribution is 2.28. The van der Waals surface area contributed by atoms with Crippen molar-refractivity contribution in [3.05, 3.63) is 71.1 Å². The lowest BCUT2D eigenvalue weighted by Crippen LogP contribution is -2.13. The molecule has 4 aromatic rings. The molecule has 33 heavy (non-hydrogen) atoms. The molecule has 0 spiro atoms. The Kier molecular flexibility index (Phi) is 5.84. The van der Waals surface area contributed by atoms with Crippen LogP contribution in [0.15, 0.2) is 58.4 Å². The van der Waals surface area contributed by atoms with Crippen LogP contribution >= 0.6 is 11.3 Å². The van der Waals surface area contributed by atoms with Crippen molar-refractivity contribution < 1.29 is 13.2 Å². The standard InChI is InChI=1S/C23H19N5O3S2/c1-14-11-17(15(2)28(14)20-10-6-8-16-7-4-5-9-19(16)20)12-18(13-24)21(29)25-22-26-27-23(32-22)33(3,30)31/h4-12H,1-3H3,(H,25,26,29)/b18-12-. The molecule has 0 aliphatic rings. The number of carbonyl (C=O) groups excluding carboxylic acids is 1. The van der Waals surface area contributed by atoms with Gasteiger partial charge in [0.2, 0.25) is 19.3 Å². The third-order valence-electron chi connectivity index (χ3n) is 5.09. The first-order valence-electron chi connectivity index (χ1n) is 9.83. The van der Waals surface area contributed by atoms with Crippen molar-refractivity contribution in [3.63, 3.8) is 0 Å². The van der Waals surface area contributed by atoms with Gasteiger partial charge in [-0.3, -0.25) is 10.1 Å². The van der Waals surface area contributed by atoms with Crippen LogP contribution in [0.1, 0.15) is 17.0 Å². The molecular formula is C23H19N5O3S2. The number of nitrogens with one attached hydrogen (secondary N) is 1. The Balaban J connectivity index is 1.69. The van der Waals surface area contributed by atoms with E-state index in [-0.39, 0.29) is 15.0 Å². The van der Waals surface area contributed by atoms with Crippen molar-refractivity contribution in [1.29, 1.82) is 5.26 Å². The predicted octanol–water partition coefficient (Wildman–Crippen LogP) is 4.05. The summed E-state index contributed by atoms with van der Waals surface area (Å²) in [5, 5.41) is 21.5. The van der Waals surface area contributed by atoms with Gasteiger partial charge in [0.15, 0.2) is 0 Å². The Hall–Kier alpha value is -3.81. The zero-order chi connectivity index (χ0) is 23.8. The summed E-state index contributed by atoms with van der Waals surface area (Å²) < 4.78 is 25.0. The fourth-order valence-corrected chi connectivity index (χ4v) is 5.09. The van der Waals surface area contributed by atoms with E-state index < -0.39 is 15.7 Å². The first-order chi connectivity index (χ1) is 15.7. The monoisotopic (exact) mass is 477 g/mol. The lowest BCUT2D eigenvalue weighted by Gasteiger charge is -2.13. The number of hydrogen-bond donors (Lipinski definition) is 1. The van der Waals surface area contributed by atoms with Crippen LogP contribution in [0.5, 0.6) is 0 Å². The summed E-state index contributed by atoms with van der Waals surface area (Å²) in [6, 6.07) is 18.0. The topological polar surface area (TPSA) is 118 Å². The molecule has 1 amide bonds. The van der Waals surface area contributed by atoms with Crippen molar-refractivity contribution in [1.82, 2.24) is 14.8 Å². The fraction of sp³-hybridized carbons (Fsp3) is 0.130. The molecule has 0 unspecified atom stereocenters. The third kappa shape index (κ3) is 4.41. The molecule has 0 atom stereocenters. The Morgan fingerprint density at radius 3 is 2.58 bits per heavy atom. The Morgan fingerprint density at radius 2 is 1.88 bits per heavy atom. The van der Waals surface area contributed by atoms with Gasteiger partial charge in [-0.15, -0.1) is 10.2 Å². The number of aryl methyl sites for hydroxylation is 1. The van der Waals surface area contributed by atoms with E-state index in [1.165, 1.54) is 6.08 Å². The van der Waals surface area contributed by atoms with Crippen molar-refractivity contribution in [3.8, 4) is 11.8 Å². The summed E-state index contributed by atoms with van der Waals surface area (Å²) in [4.78, 5) is 12.6. The van der Waals surface area contributed by atoms with Gasteiger partial charge < -0.3 is 4.57 Å². The molecule has 2 heterocycles. The Morgan fingerprint density at radius 1 is 1.15 bits per heavy atom. The van der Waals surface area contributed by atoms with E-state index in [2.05, 4.69) is 38.3 Å². The normalized spacial score (nSPS) is 12.0. The number of hydrogen-bond acceptors (Lipinski definition) is 7. The third-order valence-corrected chi connectivity index (χ3v) is 7.59. The van der Waals surface area contributed by atoms with Crippen molar-refractivity contribution >= 4 is 49.1 Å². The lowest BCUT2D eigenvalue weighted by molar-refractivity contribution is -0.112. The summed E-state index contributed by atoms with van der Waals surface area (Å²) in [5.41, 5.74) is 3.42. The highest BCUT2D eigenvalue weighted by Gasteiger charge is 2.19. The largest absolute Gasteiger partial charge is 0.317 e. The van der Waals surface area contributed by atoms with Gasteiger partial charge in [0.1, 0.15) is 11.6 Å². The van der Waals surface area contributed by atoms with Crippen molar-refractivity contribution in [2.24, 2.45) is 0 Å². The summed E-state index contributed by atoms with van der Waals surface area (Å²) in [6.07, 6.45) is 2.52. The molecule has 0 bridgehead atoms. The summed E-state index contributed by atoms with van der Waals surface area (Å²) >= 11 is 0.728. The van der Waals surface area contributed by atoms with Crippen LogP contribution in [0, 0.1) is 25.2 Å². The minimum absolute atomic E-state index is 0.00260. The summed E-state index contributed by atoms with van der Waals surface area (Å²) in [5.74, 6) is -0.691. The second-order valence-corrected chi connectivity index (χ2v) is 10.6. The van der Waals surface area contributed by atoms with E-state index >= 15 is 0 Å². The molecule has 0 saturated carbocycles. The molecule has 10 heteroatoms. The zero-order valence-electron chi connectivity index (χ0n) is 18.0. The smallest absolute Gasteiger partial charge is 0.268 e. The molecule has 2 aromatic carbocycles. The van der Waals surface area contributed by atoms with Crippen LogP contribution in [-0.4, -0.2) is 35.3 Å². The van der Waals surface area contributed by atoms with Gasteiger partial charge in [0, 0.05) is 23.0 Å². The molecular weight excluding hydrogens is 458 g/mol. The summed E-state index contributed by atoms with van der Waals surface area (Å²) in [7, 11) is -3.53. The zero-order valence-corrected chi connectivity index (χ0v) is 19.7. The van der Waals surface area contributed by atoms with Gasteiger partial charge in [0.05, 0.1) is 5.69 Å². The van der Waals surface area contributed by atoms with E-state index in [9.17, 15) is 18.5 Å². The maximum atomic E-state index is 12.6. The van der Waals surface area contributed by atoms with Gasteiger partial charge in [-0.05, 0) is 43.0 Å². The number of aromatic nitrogens is 3. The predicted molar refractivity (Wildman–Crippen MR) is 128 cm³/mol. The first-order valence-corrected chi connectivity index (χ1v) is 12.5. The highest BCUT2D eigenvalue weighted by atomic mass is 32.2. The summed E-state index contributed by atoms with van der Waals surface area (Å²) in [6.45, 7) is 3.89. The van der Waals surface area contributed by atoms with Crippen LogP contribution in [0.25, 0.3) is 22.5 Å². The Labute approximate surface area is 194 Å². The van der Waals surface area contributed by atoms with E-state index in [4.69, 9.17) is 0 Å². The maximum Gasteiger partial charge on any atom is 0.268 e. The number of anilines is 1. The number of amides is 1. The number of benzene rings is 2. The van der Waals surface area contributed by atoms with Crippen LogP contribution in [-0.2, 0) is 14.6 Å². The van der Waals surface area contributed by atoms with Crippen LogP contribution < -0.4 is 5.32 Å². The number of nitriles is 1. The van der Waals surface area contributed by atoms with E-state index in [0.717, 1.165) is 51.0 Å². The van der Waals surface area contributed by atoms with Crippen LogP contribution in [0.3, 0.4) is 0 Å². The maximum absolute atomic E-state index is 12.6. The molecule has 0 aliphatic carbocycles. The molecule has 2 aromatic heterocycles. The molecule has 0 fully saturated rings. The second-order valence-electron chi connectivity index (χ2n) is 7.43. The molecule has 4 rings (SSSR count). The van der Waals surface area contributed by atoms with Crippen molar-refractivity contribution in [2.75, 3.05) is 11.6 Å². The molecule has 166 valence electrons. The first kappa shape index (κ1) is 22.4. The molecule has 1 N–H and O–H groups in total. The van der Waals surface area contributed by atoms with E-state index in [1.54, 1.807) is 0 Å². The minimum atomic E-state index is -3.53. The number of sulfone groups is 1. The van der Waals surface area contributed by atoms with Crippen molar-refractivity contribution in [2.45, 2.75) is 18.2 Å². The average molecular weight is 478 g/mol.